The molecule has 0 aliphatic carbocycles. The van der Waals surface area contributed by atoms with Crippen molar-refractivity contribution in [3.05, 3.63) is 116 Å². The van der Waals surface area contributed by atoms with Gasteiger partial charge in [-0.2, -0.15) is 5.26 Å². The van der Waals surface area contributed by atoms with Gasteiger partial charge in [0.25, 0.3) is 11.6 Å². The molecule has 4 rings (SSSR count). The van der Waals surface area contributed by atoms with E-state index in [0.717, 1.165) is 10.8 Å². The number of carbonyl (C=O) groups excluding carboxylic acids is 2. The third kappa shape index (κ3) is 5.72. The molecule has 4 aromatic rings. The fraction of sp³-hybridized carbons (Fsp3) is 0.0357. The number of nitro groups is 1. The average Bonchev–Trinajstić information content (AvgIpc) is 2.89. The second-order valence-electron chi connectivity index (χ2n) is 8.00. The van der Waals surface area contributed by atoms with Gasteiger partial charge in [-0.05, 0) is 59.7 Å². The van der Waals surface area contributed by atoms with Crippen molar-refractivity contribution in [1.82, 2.24) is 0 Å². The van der Waals surface area contributed by atoms with E-state index in [1.165, 1.54) is 24.3 Å². The number of benzene rings is 4. The molecule has 37 heavy (non-hydrogen) atoms. The van der Waals surface area contributed by atoms with Crippen molar-refractivity contribution < 1.29 is 19.2 Å². The highest BCUT2D eigenvalue weighted by Crippen LogP contribution is 2.29. The maximum Gasteiger partial charge on any atom is 0.344 e. The molecule has 9 heteroatoms. The Hall–Kier alpha value is -4.81. The molecule has 0 aromatic heterocycles. The first-order valence-electron chi connectivity index (χ1n) is 10.9. The van der Waals surface area contributed by atoms with Crippen LogP contribution >= 0.6 is 15.9 Å². The topological polar surface area (TPSA) is 122 Å². The number of nitrogens with one attached hydrogen (secondary N) is 1. The predicted molar refractivity (Wildman–Crippen MR) is 143 cm³/mol. The van der Waals surface area contributed by atoms with E-state index in [1.54, 1.807) is 37.3 Å². The number of anilines is 1. The van der Waals surface area contributed by atoms with Gasteiger partial charge in [-0.3, -0.25) is 14.9 Å². The number of carbonyl (C=O) groups is 2. The van der Waals surface area contributed by atoms with Gasteiger partial charge in [0.2, 0.25) is 0 Å². The molecule has 8 nitrogen and oxygen atoms in total. The number of rotatable bonds is 6. The summed E-state index contributed by atoms with van der Waals surface area (Å²) in [5, 5.41) is 25.1. The number of ether oxygens (including phenoxy) is 1. The summed E-state index contributed by atoms with van der Waals surface area (Å²) in [6.45, 7) is 1.69. The first-order chi connectivity index (χ1) is 17.8. The van der Waals surface area contributed by atoms with Crippen LogP contribution in [0, 0.1) is 28.4 Å². The van der Waals surface area contributed by atoms with E-state index < -0.39 is 16.8 Å². The van der Waals surface area contributed by atoms with E-state index in [2.05, 4.69) is 21.2 Å². The lowest BCUT2D eigenvalue weighted by atomic mass is 10.0. The van der Waals surface area contributed by atoms with Crippen LogP contribution in [-0.4, -0.2) is 16.8 Å². The highest BCUT2D eigenvalue weighted by molar-refractivity contribution is 9.10. The first kappa shape index (κ1) is 25.3. The highest BCUT2D eigenvalue weighted by Gasteiger charge is 2.20. The van der Waals surface area contributed by atoms with E-state index in [-0.39, 0.29) is 28.3 Å². The van der Waals surface area contributed by atoms with Crippen molar-refractivity contribution in [2.24, 2.45) is 0 Å². The minimum absolute atomic E-state index is 0.0430. The van der Waals surface area contributed by atoms with E-state index in [4.69, 9.17) is 4.74 Å². The second kappa shape index (κ2) is 10.8. The van der Waals surface area contributed by atoms with Crippen molar-refractivity contribution in [3.8, 4) is 11.8 Å². The Morgan fingerprint density at radius 1 is 1.05 bits per heavy atom. The summed E-state index contributed by atoms with van der Waals surface area (Å²) in [5.74, 6) is -1.32. The molecular weight excluding hydrogens is 538 g/mol. The molecule has 0 saturated carbocycles. The van der Waals surface area contributed by atoms with Crippen LogP contribution in [0.1, 0.15) is 21.5 Å². The summed E-state index contributed by atoms with van der Waals surface area (Å²) < 4.78 is 6.29. The van der Waals surface area contributed by atoms with Gasteiger partial charge in [0.1, 0.15) is 23.1 Å². The number of nitro benzene ring substituents is 1. The SMILES string of the molecule is Cc1ccc(NC(=O)/C(C#N)=C/c2cc(Br)ccc2OC(=O)c2cccc3ccccc23)c([N+](=O)[O-])c1. The molecule has 4 aromatic carbocycles. The van der Waals surface area contributed by atoms with E-state index in [0.29, 0.717) is 15.6 Å². The molecule has 0 heterocycles. The van der Waals surface area contributed by atoms with Crippen molar-refractivity contribution in [2.75, 3.05) is 5.32 Å². The number of halogens is 1. The van der Waals surface area contributed by atoms with Gasteiger partial charge in [-0.1, -0.05) is 58.4 Å². The van der Waals surface area contributed by atoms with E-state index >= 15 is 0 Å². The van der Waals surface area contributed by atoms with Gasteiger partial charge in [0, 0.05) is 16.1 Å². The van der Waals surface area contributed by atoms with Crippen molar-refractivity contribution in [3.63, 3.8) is 0 Å². The Morgan fingerprint density at radius 3 is 2.57 bits per heavy atom. The van der Waals surface area contributed by atoms with Crippen molar-refractivity contribution in [2.45, 2.75) is 6.92 Å². The predicted octanol–water partition coefficient (Wildman–Crippen LogP) is 6.58. The molecule has 0 atom stereocenters. The fourth-order valence-electron chi connectivity index (χ4n) is 3.68. The lowest BCUT2D eigenvalue weighted by molar-refractivity contribution is -0.384. The van der Waals surface area contributed by atoms with Crippen LogP contribution < -0.4 is 10.1 Å². The molecule has 0 radical (unpaired) electrons. The van der Waals surface area contributed by atoms with E-state index in [1.807, 2.05) is 36.4 Å². The molecule has 0 unspecified atom stereocenters. The molecule has 0 spiro atoms. The van der Waals surface area contributed by atoms with Crippen LogP contribution in [0.5, 0.6) is 5.75 Å². The largest absolute Gasteiger partial charge is 0.422 e. The minimum Gasteiger partial charge on any atom is -0.422 e. The maximum atomic E-state index is 13.1. The fourth-order valence-corrected chi connectivity index (χ4v) is 4.05. The normalized spacial score (nSPS) is 11.0. The van der Waals surface area contributed by atoms with Crippen LogP contribution in [0.3, 0.4) is 0 Å². The molecule has 0 bridgehead atoms. The van der Waals surface area contributed by atoms with Crippen LogP contribution in [0.15, 0.2) is 88.9 Å². The van der Waals surface area contributed by atoms with Crippen LogP contribution in [0.4, 0.5) is 11.4 Å². The molecule has 0 aliphatic heterocycles. The summed E-state index contributed by atoms with van der Waals surface area (Å²) in [6, 6.07) is 23.6. The number of hydrogen-bond acceptors (Lipinski definition) is 6. The third-order valence-electron chi connectivity index (χ3n) is 5.45. The molecule has 0 aliphatic rings. The Labute approximate surface area is 220 Å². The number of fused-ring (bicyclic) bond motifs is 1. The average molecular weight is 556 g/mol. The summed E-state index contributed by atoms with van der Waals surface area (Å²) in [4.78, 5) is 36.7. The molecular formula is C28H18BrN3O5. The van der Waals surface area contributed by atoms with Gasteiger partial charge < -0.3 is 10.1 Å². The zero-order valence-electron chi connectivity index (χ0n) is 19.4. The second-order valence-corrected chi connectivity index (χ2v) is 8.92. The maximum absolute atomic E-state index is 13.1. The number of nitrogens with zero attached hydrogens (tertiary/aromatic N) is 2. The van der Waals surface area contributed by atoms with Crippen LogP contribution in [0.2, 0.25) is 0 Å². The molecule has 1 N–H and O–H groups in total. The van der Waals surface area contributed by atoms with Gasteiger partial charge in [-0.25, -0.2) is 4.79 Å². The summed E-state index contributed by atoms with van der Waals surface area (Å²) >= 11 is 3.35. The van der Waals surface area contributed by atoms with Gasteiger partial charge in [0.15, 0.2) is 0 Å². The smallest absolute Gasteiger partial charge is 0.344 e. The number of hydrogen-bond donors (Lipinski definition) is 1. The first-order valence-corrected chi connectivity index (χ1v) is 11.7. The monoisotopic (exact) mass is 555 g/mol. The lowest BCUT2D eigenvalue weighted by Gasteiger charge is -2.11. The number of nitriles is 1. The molecule has 182 valence electrons. The number of amides is 1. The summed E-state index contributed by atoms with van der Waals surface area (Å²) in [6.07, 6.45) is 1.26. The van der Waals surface area contributed by atoms with E-state index in [9.17, 15) is 25.0 Å². The lowest BCUT2D eigenvalue weighted by Crippen LogP contribution is -2.15. The van der Waals surface area contributed by atoms with Crippen LogP contribution in [-0.2, 0) is 4.79 Å². The van der Waals surface area contributed by atoms with Gasteiger partial charge >= 0.3 is 5.97 Å². The third-order valence-corrected chi connectivity index (χ3v) is 5.94. The Balaban J connectivity index is 1.66. The minimum atomic E-state index is -0.847. The molecule has 0 saturated heterocycles. The number of aryl methyl sites for hydroxylation is 1. The Kier molecular flexibility index (Phi) is 7.41. The highest BCUT2D eigenvalue weighted by atomic mass is 79.9. The standard InChI is InChI=1S/C28H18BrN3O5/c1-17-9-11-24(25(13-17)32(35)36)31-27(33)20(16-30)14-19-15-21(29)10-12-26(19)37-28(34)23-8-4-6-18-5-2-3-7-22(18)23/h2-15H,1H3,(H,31,33)/b20-14+. The van der Waals surface area contributed by atoms with Crippen molar-refractivity contribution in [1.29, 1.82) is 5.26 Å². The molecule has 0 fully saturated rings. The summed E-state index contributed by atoms with van der Waals surface area (Å²) in [7, 11) is 0. The summed E-state index contributed by atoms with van der Waals surface area (Å²) in [5.41, 5.74) is 0.619. The molecule has 1 amide bonds. The van der Waals surface area contributed by atoms with Crippen LogP contribution in [0.25, 0.3) is 16.8 Å². The van der Waals surface area contributed by atoms with Gasteiger partial charge in [0.05, 0.1) is 10.5 Å². The Morgan fingerprint density at radius 2 is 1.81 bits per heavy atom. The Bertz CT molecular complexity index is 1630. The van der Waals surface area contributed by atoms with Gasteiger partial charge in [-0.15, -0.1) is 0 Å². The number of esters is 1. The zero-order valence-corrected chi connectivity index (χ0v) is 21.0. The van der Waals surface area contributed by atoms with Crippen molar-refractivity contribution >= 4 is 56.0 Å². The quantitative estimate of drug-likeness (QED) is 0.0715. The zero-order chi connectivity index (χ0) is 26.5.